The van der Waals surface area contributed by atoms with Crippen molar-refractivity contribution in [2.45, 2.75) is 33.1 Å². The van der Waals surface area contributed by atoms with Crippen LogP contribution in [0.1, 0.15) is 33.1 Å². The van der Waals surface area contributed by atoms with Crippen LogP contribution >= 0.6 is 0 Å². The molecule has 0 aromatic rings. The molecule has 0 amide bonds. The second-order valence-corrected chi connectivity index (χ2v) is 3.08. The first-order chi connectivity index (χ1) is 4.83. The van der Waals surface area contributed by atoms with Gasteiger partial charge in [-0.05, 0) is 24.7 Å². The number of nitrogens with zero attached hydrogens (tertiary/aromatic N) is 1. The first-order valence-corrected chi connectivity index (χ1v) is 4.29. The quantitative estimate of drug-likeness (QED) is 0.533. The molecule has 0 N–H and O–H groups in total. The van der Waals surface area contributed by atoms with Crippen LogP contribution in [0.5, 0.6) is 0 Å². The summed E-state index contributed by atoms with van der Waals surface area (Å²) < 4.78 is 0. The maximum atomic E-state index is 4.28. The highest BCUT2D eigenvalue weighted by molar-refractivity contribution is 5.88. The first-order valence-electron chi connectivity index (χ1n) is 4.29. The van der Waals surface area contributed by atoms with Gasteiger partial charge >= 0.3 is 0 Å². The molecule has 0 bridgehead atoms. The zero-order chi connectivity index (χ0) is 7.56. The molecule has 1 fully saturated rings. The van der Waals surface area contributed by atoms with Gasteiger partial charge in [0.25, 0.3) is 0 Å². The maximum Gasteiger partial charge on any atom is 0.0276 e. The smallest absolute Gasteiger partial charge is 0.0276 e. The van der Waals surface area contributed by atoms with E-state index < -0.39 is 0 Å². The van der Waals surface area contributed by atoms with Crippen molar-refractivity contribution in [1.29, 1.82) is 0 Å². The van der Waals surface area contributed by atoms with Gasteiger partial charge in [-0.15, -0.1) is 0 Å². The molecule has 1 aliphatic rings. The molecule has 0 radical (unpaired) electrons. The summed E-state index contributed by atoms with van der Waals surface area (Å²) in [5.74, 6) is 1.83. The van der Waals surface area contributed by atoms with Gasteiger partial charge < -0.3 is 0 Å². The molecule has 0 aromatic heterocycles. The van der Waals surface area contributed by atoms with Gasteiger partial charge in [-0.2, -0.15) is 0 Å². The molecule has 0 aromatic carbocycles. The van der Waals surface area contributed by atoms with Crippen LogP contribution in [-0.4, -0.2) is 12.8 Å². The summed E-state index contributed by atoms with van der Waals surface area (Å²) in [6.07, 6.45) is 3.89. The van der Waals surface area contributed by atoms with Crippen molar-refractivity contribution in [3.8, 4) is 0 Å². The Morgan fingerprint density at radius 3 is 2.50 bits per heavy atom. The molecule has 10 heavy (non-hydrogen) atoms. The summed E-state index contributed by atoms with van der Waals surface area (Å²) in [5.41, 5.74) is 1.44. The predicted molar refractivity (Wildman–Crippen MR) is 45.5 cm³/mol. The zero-order valence-electron chi connectivity index (χ0n) is 7.22. The highest BCUT2D eigenvalue weighted by Gasteiger charge is 2.37. The van der Waals surface area contributed by atoms with Crippen LogP contribution in [0.4, 0.5) is 0 Å². The van der Waals surface area contributed by atoms with Crippen molar-refractivity contribution in [3.05, 3.63) is 0 Å². The van der Waals surface area contributed by atoms with Gasteiger partial charge in [0.1, 0.15) is 0 Å². The van der Waals surface area contributed by atoms with Crippen molar-refractivity contribution in [2.75, 3.05) is 7.05 Å². The van der Waals surface area contributed by atoms with Gasteiger partial charge in [-0.25, -0.2) is 0 Å². The molecule has 58 valence electrons. The van der Waals surface area contributed by atoms with E-state index in [1.807, 2.05) is 7.05 Å². The third-order valence-electron chi connectivity index (χ3n) is 2.52. The van der Waals surface area contributed by atoms with Crippen molar-refractivity contribution in [3.63, 3.8) is 0 Å². The van der Waals surface area contributed by atoms with Gasteiger partial charge in [-0.3, -0.25) is 4.99 Å². The van der Waals surface area contributed by atoms with Gasteiger partial charge in [0.2, 0.25) is 0 Å². The van der Waals surface area contributed by atoms with E-state index in [1.165, 1.54) is 18.6 Å². The van der Waals surface area contributed by atoms with Crippen LogP contribution in [0.15, 0.2) is 4.99 Å². The molecule has 1 aliphatic carbocycles. The van der Waals surface area contributed by atoms with Gasteiger partial charge in [0.15, 0.2) is 0 Å². The highest BCUT2D eigenvalue weighted by Crippen LogP contribution is 2.42. The number of rotatable bonds is 3. The van der Waals surface area contributed by atoms with Crippen LogP contribution < -0.4 is 0 Å². The van der Waals surface area contributed by atoms with E-state index in [0.717, 1.165) is 18.3 Å². The summed E-state index contributed by atoms with van der Waals surface area (Å²) in [5, 5.41) is 0. The van der Waals surface area contributed by atoms with Crippen molar-refractivity contribution in [1.82, 2.24) is 0 Å². The number of hydrogen-bond acceptors (Lipinski definition) is 1. The van der Waals surface area contributed by atoms with E-state index in [0.29, 0.717) is 0 Å². The third-order valence-corrected chi connectivity index (χ3v) is 2.52. The Morgan fingerprint density at radius 2 is 2.20 bits per heavy atom. The number of hydrogen-bond donors (Lipinski definition) is 0. The molecule has 1 rings (SSSR count). The summed E-state index contributed by atoms with van der Waals surface area (Å²) in [6, 6.07) is 0. The molecule has 2 atom stereocenters. The molecule has 0 heterocycles. The molecular formula is C9H17N. The minimum absolute atomic E-state index is 0.861. The van der Waals surface area contributed by atoms with Crippen LogP contribution in [-0.2, 0) is 0 Å². The molecule has 1 nitrogen and oxygen atoms in total. The summed E-state index contributed by atoms with van der Waals surface area (Å²) in [7, 11) is 1.92. The number of aliphatic imine (C=N–C) groups is 1. The van der Waals surface area contributed by atoms with Crippen molar-refractivity contribution in [2.24, 2.45) is 16.8 Å². The van der Waals surface area contributed by atoms with Gasteiger partial charge in [0.05, 0.1) is 0 Å². The van der Waals surface area contributed by atoms with E-state index in [9.17, 15) is 0 Å². The minimum Gasteiger partial charge on any atom is -0.297 e. The SMILES string of the molecule is CCC(=NC)C1CC1CC. The van der Waals surface area contributed by atoms with Gasteiger partial charge in [-0.1, -0.05) is 20.3 Å². The van der Waals surface area contributed by atoms with E-state index in [-0.39, 0.29) is 0 Å². The van der Waals surface area contributed by atoms with E-state index in [4.69, 9.17) is 0 Å². The highest BCUT2D eigenvalue weighted by atomic mass is 14.7. The molecule has 1 saturated carbocycles. The third kappa shape index (κ3) is 1.39. The Morgan fingerprint density at radius 1 is 1.50 bits per heavy atom. The lowest BCUT2D eigenvalue weighted by atomic mass is 10.1. The second-order valence-electron chi connectivity index (χ2n) is 3.08. The average molecular weight is 139 g/mol. The summed E-state index contributed by atoms with van der Waals surface area (Å²) >= 11 is 0. The Labute approximate surface area is 63.5 Å². The lowest BCUT2D eigenvalue weighted by Gasteiger charge is -1.98. The predicted octanol–water partition coefficient (Wildman–Crippen LogP) is 2.51. The van der Waals surface area contributed by atoms with E-state index in [2.05, 4.69) is 18.8 Å². The van der Waals surface area contributed by atoms with Crippen molar-refractivity contribution < 1.29 is 0 Å². The van der Waals surface area contributed by atoms with Crippen LogP contribution in [0.25, 0.3) is 0 Å². The van der Waals surface area contributed by atoms with Crippen molar-refractivity contribution >= 4 is 5.71 Å². The maximum absolute atomic E-state index is 4.28. The molecule has 2 unspecified atom stereocenters. The molecule has 0 spiro atoms. The Balaban J connectivity index is 2.37. The lowest BCUT2D eigenvalue weighted by Crippen LogP contribution is -2.00. The zero-order valence-corrected chi connectivity index (χ0v) is 7.22. The van der Waals surface area contributed by atoms with Crippen LogP contribution in [0.3, 0.4) is 0 Å². The average Bonchev–Trinajstić information content (AvgIpc) is 2.70. The normalized spacial score (nSPS) is 32.5. The molecular weight excluding hydrogens is 122 g/mol. The van der Waals surface area contributed by atoms with Crippen LogP contribution in [0.2, 0.25) is 0 Å². The fourth-order valence-electron chi connectivity index (χ4n) is 1.69. The van der Waals surface area contributed by atoms with E-state index >= 15 is 0 Å². The molecule has 0 saturated heterocycles. The summed E-state index contributed by atoms with van der Waals surface area (Å²) in [4.78, 5) is 4.28. The summed E-state index contributed by atoms with van der Waals surface area (Å²) in [6.45, 7) is 4.47. The topological polar surface area (TPSA) is 12.4 Å². The van der Waals surface area contributed by atoms with E-state index in [1.54, 1.807) is 0 Å². The standard InChI is InChI=1S/C9H17N/c1-4-7-6-8(7)9(5-2)10-3/h7-8H,4-6H2,1-3H3. The Kier molecular flexibility index (Phi) is 2.47. The Hall–Kier alpha value is -0.330. The largest absolute Gasteiger partial charge is 0.297 e. The van der Waals surface area contributed by atoms with Crippen LogP contribution in [0, 0.1) is 11.8 Å². The lowest BCUT2D eigenvalue weighted by molar-refractivity contribution is 0.763. The van der Waals surface area contributed by atoms with Gasteiger partial charge in [0, 0.05) is 12.8 Å². The monoisotopic (exact) mass is 139 g/mol. The molecule has 1 heteroatoms. The fourth-order valence-corrected chi connectivity index (χ4v) is 1.69. The first kappa shape index (κ1) is 7.77. The second kappa shape index (κ2) is 3.18. The fraction of sp³-hybridized carbons (Fsp3) is 0.889. The minimum atomic E-state index is 0.861. The molecule has 0 aliphatic heterocycles. The Bertz CT molecular complexity index is 138.